The van der Waals surface area contributed by atoms with Crippen LogP contribution in [0.15, 0.2) is 35.4 Å². The maximum absolute atomic E-state index is 11.7. The van der Waals surface area contributed by atoms with Gasteiger partial charge in [-0.2, -0.15) is 5.10 Å². The molecule has 114 valence electrons. The highest BCUT2D eigenvalue weighted by Crippen LogP contribution is 1.99. The van der Waals surface area contributed by atoms with Crippen molar-refractivity contribution in [1.29, 1.82) is 0 Å². The Hall–Kier alpha value is -3.17. The van der Waals surface area contributed by atoms with Crippen LogP contribution in [-0.4, -0.2) is 36.7 Å². The fourth-order valence-corrected chi connectivity index (χ4v) is 1.59. The Morgan fingerprint density at radius 1 is 1.41 bits per heavy atom. The van der Waals surface area contributed by atoms with Gasteiger partial charge < -0.3 is 10.1 Å². The van der Waals surface area contributed by atoms with E-state index in [1.54, 1.807) is 6.92 Å². The van der Waals surface area contributed by atoms with Crippen LogP contribution in [0.2, 0.25) is 0 Å². The lowest BCUT2D eigenvalue weighted by Crippen LogP contribution is -2.22. The molecule has 0 fully saturated rings. The second kappa shape index (κ2) is 7.02. The first kappa shape index (κ1) is 15.2. The summed E-state index contributed by atoms with van der Waals surface area (Å²) in [5.74, 6) is -0.844. The third-order valence-electron chi connectivity index (χ3n) is 2.55. The first-order chi connectivity index (χ1) is 10.5. The minimum Gasteiger partial charge on any atom is -0.390 e. The van der Waals surface area contributed by atoms with Gasteiger partial charge in [-0.15, -0.1) is 0 Å². The highest BCUT2D eigenvalue weighted by molar-refractivity contribution is 5.84. The van der Waals surface area contributed by atoms with Crippen LogP contribution in [0.3, 0.4) is 0 Å². The topological polar surface area (TPSA) is 128 Å². The smallest absolute Gasteiger partial charge is 0.390 e. The number of rotatable bonds is 6. The van der Waals surface area contributed by atoms with E-state index in [4.69, 9.17) is 0 Å². The van der Waals surface area contributed by atoms with Crippen LogP contribution in [0.4, 0.5) is 5.95 Å². The number of hydrazone groups is 1. The molecule has 0 radical (unpaired) electrons. The van der Waals surface area contributed by atoms with E-state index in [9.17, 15) is 14.9 Å². The van der Waals surface area contributed by atoms with Crippen LogP contribution in [0.5, 0.6) is 0 Å². The van der Waals surface area contributed by atoms with Crippen molar-refractivity contribution in [2.45, 2.75) is 19.9 Å². The summed E-state index contributed by atoms with van der Waals surface area (Å²) in [5.41, 5.74) is 3.76. The highest BCUT2D eigenvalue weighted by Gasteiger charge is 2.15. The van der Waals surface area contributed by atoms with E-state index >= 15 is 0 Å². The minimum atomic E-state index is -0.738. The molecule has 1 heterocycles. The molecule has 1 aromatic carbocycles. The van der Waals surface area contributed by atoms with Gasteiger partial charge in [0.15, 0.2) is 0 Å². The van der Waals surface area contributed by atoms with Crippen molar-refractivity contribution in [2.75, 3.05) is 0 Å². The number of aromatic nitrogens is 4. The average molecular weight is 303 g/mol. The number of carbonyl (C=O) groups excluding carboxylic acids is 1. The van der Waals surface area contributed by atoms with E-state index < -0.39 is 10.9 Å². The quantitative estimate of drug-likeness (QED) is 0.465. The molecule has 0 spiro atoms. The molecule has 22 heavy (non-hydrogen) atoms. The van der Waals surface area contributed by atoms with Crippen molar-refractivity contribution in [1.82, 2.24) is 25.6 Å². The van der Waals surface area contributed by atoms with Crippen molar-refractivity contribution < 1.29 is 9.72 Å². The Kier molecular flexibility index (Phi) is 4.85. The summed E-state index contributed by atoms with van der Waals surface area (Å²) in [6.45, 7) is 1.73. The Balaban J connectivity index is 1.86. The molecule has 10 heteroatoms. The lowest BCUT2D eigenvalue weighted by Gasteiger charge is -2.01. The molecule has 2 aromatic rings. The van der Waals surface area contributed by atoms with Crippen LogP contribution in [0.25, 0.3) is 0 Å². The lowest BCUT2D eigenvalue weighted by molar-refractivity contribution is -0.394. The number of nitro groups is 1. The Labute approximate surface area is 125 Å². The molecule has 0 saturated carbocycles. The summed E-state index contributed by atoms with van der Waals surface area (Å²) in [4.78, 5) is 22.4. The summed E-state index contributed by atoms with van der Waals surface area (Å²) in [6.07, 6.45) is 0.213. The zero-order valence-corrected chi connectivity index (χ0v) is 11.7. The first-order valence-corrected chi connectivity index (χ1v) is 6.32. The van der Waals surface area contributed by atoms with Crippen molar-refractivity contribution in [3.05, 3.63) is 46.0 Å². The van der Waals surface area contributed by atoms with Crippen molar-refractivity contribution in [2.24, 2.45) is 5.10 Å². The van der Waals surface area contributed by atoms with Gasteiger partial charge in [0.05, 0.1) is 22.3 Å². The summed E-state index contributed by atoms with van der Waals surface area (Å²) in [5, 5.41) is 24.6. The Morgan fingerprint density at radius 3 is 2.77 bits per heavy atom. The second-order valence-corrected chi connectivity index (χ2v) is 4.42. The Morgan fingerprint density at radius 2 is 2.14 bits per heavy atom. The number of nitrogens with zero attached hydrogens (tertiary/aromatic N) is 6. The molecule has 0 saturated heterocycles. The maximum Gasteiger partial charge on any atom is 0.514 e. The van der Waals surface area contributed by atoms with Crippen molar-refractivity contribution in [3.63, 3.8) is 0 Å². The first-order valence-electron chi connectivity index (χ1n) is 6.32. The molecule has 0 aliphatic carbocycles. The highest BCUT2D eigenvalue weighted by atomic mass is 16.6. The van der Waals surface area contributed by atoms with E-state index in [0.29, 0.717) is 5.71 Å². The van der Waals surface area contributed by atoms with Gasteiger partial charge in [-0.3, -0.25) is 4.79 Å². The molecule has 1 N–H and O–H groups in total. The Bertz CT molecular complexity index is 696. The maximum atomic E-state index is 11.7. The molecule has 0 aliphatic heterocycles. The van der Waals surface area contributed by atoms with Gasteiger partial charge in [-0.1, -0.05) is 35.1 Å². The molecular formula is C12H13N7O3. The standard InChI is InChI=1S/C12H13N7O3/c1-9(8-18-16-12(15-17-18)19(21)22)13-14-11(20)7-10-5-3-2-4-6-10/h2-6H,7-8H2,1H3,(H,14,20)/b13-9+. The lowest BCUT2D eigenvalue weighted by atomic mass is 10.1. The van der Waals surface area contributed by atoms with Crippen molar-refractivity contribution in [3.8, 4) is 0 Å². The van der Waals surface area contributed by atoms with Gasteiger partial charge in [-0.05, 0) is 17.4 Å². The van der Waals surface area contributed by atoms with Crippen LogP contribution in [0, 0.1) is 10.1 Å². The fourth-order valence-electron chi connectivity index (χ4n) is 1.59. The van der Waals surface area contributed by atoms with Gasteiger partial charge in [0, 0.05) is 5.21 Å². The van der Waals surface area contributed by atoms with Gasteiger partial charge in [0.1, 0.15) is 6.54 Å². The molecule has 10 nitrogen and oxygen atoms in total. The van der Waals surface area contributed by atoms with E-state index in [1.165, 1.54) is 0 Å². The molecule has 0 atom stereocenters. The molecule has 0 bridgehead atoms. The SMILES string of the molecule is C/C(Cn1nnc([N+](=O)[O-])n1)=N\NC(=O)Cc1ccccc1. The summed E-state index contributed by atoms with van der Waals surface area (Å²) in [7, 11) is 0. The molecular weight excluding hydrogens is 290 g/mol. The van der Waals surface area contributed by atoms with E-state index in [2.05, 4.69) is 25.9 Å². The summed E-state index contributed by atoms with van der Waals surface area (Å²) in [6, 6.07) is 9.25. The zero-order valence-electron chi connectivity index (χ0n) is 11.7. The number of hydrogen-bond acceptors (Lipinski definition) is 7. The molecule has 2 rings (SSSR count). The number of nitrogens with one attached hydrogen (secondary N) is 1. The molecule has 0 unspecified atom stereocenters. The third-order valence-corrected chi connectivity index (χ3v) is 2.55. The zero-order chi connectivity index (χ0) is 15.9. The molecule has 1 aromatic heterocycles. The average Bonchev–Trinajstić information content (AvgIpc) is 2.95. The number of tetrazole rings is 1. The molecule has 1 amide bonds. The van der Waals surface area contributed by atoms with Gasteiger partial charge in [0.2, 0.25) is 5.91 Å². The van der Waals surface area contributed by atoms with Crippen LogP contribution in [0.1, 0.15) is 12.5 Å². The predicted octanol–water partition coefficient (Wildman–Crippen LogP) is 0.316. The van der Waals surface area contributed by atoms with Gasteiger partial charge in [-0.25, -0.2) is 5.43 Å². The van der Waals surface area contributed by atoms with Crippen molar-refractivity contribution >= 4 is 17.6 Å². The normalized spacial score (nSPS) is 11.2. The van der Waals surface area contributed by atoms with Gasteiger partial charge in [0.25, 0.3) is 0 Å². The van der Waals surface area contributed by atoms with Gasteiger partial charge >= 0.3 is 5.95 Å². The largest absolute Gasteiger partial charge is 0.514 e. The monoisotopic (exact) mass is 303 g/mol. The summed E-state index contributed by atoms with van der Waals surface area (Å²) < 4.78 is 0. The summed E-state index contributed by atoms with van der Waals surface area (Å²) >= 11 is 0. The number of carbonyl (C=O) groups is 1. The second-order valence-electron chi connectivity index (χ2n) is 4.42. The van der Waals surface area contributed by atoms with E-state index in [-0.39, 0.29) is 18.9 Å². The third kappa shape index (κ3) is 4.44. The van der Waals surface area contributed by atoms with Crippen LogP contribution in [-0.2, 0) is 17.8 Å². The van der Waals surface area contributed by atoms with Crippen LogP contribution >= 0.6 is 0 Å². The number of hydrogen-bond donors (Lipinski definition) is 1. The number of amides is 1. The fraction of sp³-hybridized carbons (Fsp3) is 0.250. The minimum absolute atomic E-state index is 0.0897. The predicted molar refractivity (Wildman–Crippen MR) is 75.9 cm³/mol. The van der Waals surface area contributed by atoms with Crippen LogP contribution < -0.4 is 5.43 Å². The molecule has 0 aliphatic rings. The van der Waals surface area contributed by atoms with E-state index in [0.717, 1.165) is 10.4 Å². The van der Waals surface area contributed by atoms with E-state index in [1.807, 2.05) is 30.3 Å². The number of benzene rings is 1.